The van der Waals surface area contributed by atoms with E-state index in [1.807, 2.05) is 25.1 Å². The molecule has 1 aromatic heterocycles. The van der Waals surface area contributed by atoms with Gasteiger partial charge in [0.2, 0.25) is 47.3 Å². The van der Waals surface area contributed by atoms with Crippen molar-refractivity contribution in [3.8, 4) is 0 Å². The standard InChI is InChI=1S/C52H72N16O10S2/c1-4-5-7-18-41(68-50(77)29(3)61-52(68)78)49(76)67-40-26-80-79-25-39(42(53)69)66-46(73)37(21-31-23-58-34-16-11-10-15-33(31)34)65-44(71)35(17-12-19-57-51(54)55)62-45(72)36(20-30-13-8-6-9-14-30)64-47(74)38(22-32-24-56-27-59-32)63-43(70)28(2)60-48(40)75/h6,8-11,13-16,23,27-29,32,35-41,58H,4-5,7,12,17-22,24-26H2,1-3H3,(H2,53,69)(H,56,59)(H,60,75)(H,61,78)(H,62,72)(H,63,70)(H,64,74)(H,65,71)(H,66,73)(H,67,76)(H4,54,55,57)/t28-,29-,32?,35+,36-,37+,38+,39+,40+,41+/m1/s1. The molecule has 0 saturated carbocycles. The number of aromatic amines is 1. The van der Waals surface area contributed by atoms with Crippen molar-refractivity contribution in [1.29, 1.82) is 0 Å². The number of H-pyrrole nitrogens is 1. The van der Waals surface area contributed by atoms with Crippen molar-refractivity contribution >= 4 is 104 Å². The van der Waals surface area contributed by atoms with E-state index in [0.29, 0.717) is 24.0 Å². The van der Waals surface area contributed by atoms with E-state index in [9.17, 15) is 47.9 Å². The van der Waals surface area contributed by atoms with E-state index in [1.165, 1.54) is 20.2 Å². The summed E-state index contributed by atoms with van der Waals surface area (Å²) in [5, 5.41) is 25.3. The SMILES string of the molecule is CCCCC[C@@H](C(=O)N[C@H]1CSSC[C@@H](C(N)=O)NC(=O)[C@H](Cc2c[nH]c3ccccc23)NC(=O)[C@H](CCCN=C(N)N)NC(=O)[C@@H](Cc2ccccc2)NC(=O)[C@H](CC2CN=CN2)NC(=O)[C@@H](C)NC1=O)N1C(=O)N[C@H](C)C1=O. The van der Waals surface area contributed by atoms with Crippen LogP contribution >= 0.6 is 21.6 Å². The normalized spacial score (nSPS) is 25.2. The molecule has 11 amide bonds. The van der Waals surface area contributed by atoms with Gasteiger partial charge in [-0.05, 0) is 56.7 Å². The van der Waals surface area contributed by atoms with Crippen molar-refractivity contribution in [3.63, 3.8) is 0 Å². The van der Waals surface area contributed by atoms with E-state index in [4.69, 9.17) is 17.2 Å². The van der Waals surface area contributed by atoms with Gasteiger partial charge in [-0.15, -0.1) is 0 Å². The summed E-state index contributed by atoms with van der Waals surface area (Å²) in [6, 6.07) is 2.97. The Labute approximate surface area is 470 Å². The Bertz CT molecular complexity index is 2770. The highest BCUT2D eigenvalue weighted by molar-refractivity contribution is 8.76. The number of primary amides is 1. The zero-order valence-corrected chi connectivity index (χ0v) is 46.4. The Kier molecular flexibility index (Phi) is 22.9. The second kappa shape index (κ2) is 29.9. The van der Waals surface area contributed by atoms with Crippen molar-refractivity contribution in [2.24, 2.45) is 27.2 Å². The van der Waals surface area contributed by atoms with Crippen LogP contribution in [-0.4, -0.2) is 166 Å². The molecule has 3 aliphatic heterocycles. The summed E-state index contributed by atoms with van der Waals surface area (Å²) in [6.45, 7) is 5.09. The summed E-state index contributed by atoms with van der Waals surface area (Å²) in [5.74, 6) is -7.91. The third kappa shape index (κ3) is 17.6. The highest BCUT2D eigenvalue weighted by Crippen LogP contribution is 2.25. The Hall–Kier alpha value is -7.88. The average molecular weight is 1150 g/mol. The predicted octanol–water partition coefficient (Wildman–Crippen LogP) is -1.42. The molecule has 80 heavy (non-hydrogen) atoms. The number of carbonyl (C=O) groups excluding carboxylic acids is 10. The van der Waals surface area contributed by atoms with Crippen LogP contribution in [0.4, 0.5) is 4.79 Å². The summed E-state index contributed by atoms with van der Waals surface area (Å²) >= 11 is 0. The molecule has 1 unspecified atom stereocenters. The first-order chi connectivity index (χ1) is 38.3. The number of rotatable bonds is 18. The average Bonchev–Trinajstić information content (AvgIpc) is 4.21. The lowest BCUT2D eigenvalue weighted by atomic mass is 10.0. The van der Waals surface area contributed by atoms with Crippen molar-refractivity contribution in [2.75, 3.05) is 24.6 Å². The van der Waals surface area contributed by atoms with Gasteiger partial charge in [0, 0.05) is 54.0 Å². The summed E-state index contributed by atoms with van der Waals surface area (Å²) in [4.78, 5) is 153. The number of hydrogen-bond acceptors (Lipinski definition) is 15. The lowest BCUT2D eigenvalue weighted by molar-refractivity contribution is -0.137. The maximum absolute atomic E-state index is 14.7. The lowest BCUT2D eigenvalue weighted by Crippen LogP contribution is -2.61. The molecule has 4 heterocycles. The fraction of sp³-hybridized carbons (Fsp3) is 0.500. The minimum Gasteiger partial charge on any atom is -0.372 e. The van der Waals surface area contributed by atoms with Crippen LogP contribution in [0.3, 0.4) is 0 Å². The number of guanidine groups is 1. The zero-order chi connectivity index (χ0) is 57.9. The van der Waals surface area contributed by atoms with E-state index in [-0.39, 0.29) is 69.1 Å². The van der Waals surface area contributed by atoms with Crippen LogP contribution in [0.25, 0.3) is 10.9 Å². The fourth-order valence-electron chi connectivity index (χ4n) is 9.14. The van der Waals surface area contributed by atoms with E-state index in [0.717, 1.165) is 43.8 Å². The van der Waals surface area contributed by atoms with Crippen molar-refractivity contribution in [1.82, 2.24) is 57.7 Å². The second-order valence-electron chi connectivity index (χ2n) is 19.8. The molecule has 10 atom stereocenters. The van der Waals surface area contributed by atoms with Gasteiger partial charge in [-0.3, -0.25) is 53.1 Å². The molecular weight excluding hydrogens is 1070 g/mol. The summed E-state index contributed by atoms with van der Waals surface area (Å²) in [5.41, 5.74) is 19.1. The van der Waals surface area contributed by atoms with Gasteiger partial charge in [-0.2, -0.15) is 0 Å². The number of aliphatic imine (C=N–C) groups is 2. The largest absolute Gasteiger partial charge is 0.372 e. The Morgan fingerprint density at radius 2 is 1.38 bits per heavy atom. The minimum absolute atomic E-state index is 0.0344. The fourth-order valence-corrected chi connectivity index (χ4v) is 11.5. The van der Waals surface area contributed by atoms with E-state index >= 15 is 0 Å². The molecule has 3 aliphatic rings. The van der Waals surface area contributed by atoms with Gasteiger partial charge in [0.05, 0.1) is 12.9 Å². The molecule has 2 saturated heterocycles. The van der Waals surface area contributed by atoms with Gasteiger partial charge >= 0.3 is 6.03 Å². The number of amides is 11. The molecule has 2 fully saturated rings. The maximum atomic E-state index is 14.7. The summed E-state index contributed by atoms with van der Waals surface area (Å²) in [7, 11) is 2.01. The second-order valence-corrected chi connectivity index (χ2v) is 22.3. The van der Waals surface area contributed by atoms with Crippen molar-refractivity contribution < 1.29 is 47.9 Å². The number of urea groups is 1. The minimum atomic E-state index is -1.44. The van der Waals surface area contributed by atoms with Crippen molar-refractivity contribution in [3.05, 3.63) is 71.9 Å². The molecule has 26 nitrogen and oxygen atoms in total. The summed E-state index contributed by atoms with van der Waals surface area (Å²) in [6.07, 6.45) is 5.00. The molecule has 6 rings (SSSR count). The van der Waals surface area contributed by atoms with Crippen LogP contribution in [0, 0.1) is 0 Å². The molecule has 0 radical (unpaired) electrons. The number of carbonyl (C=O) groups is 10. The first-order valence-electron chi connectivity index (χ1n) is 26.5. The number of fused-ring (bicyclic) bond motifs is 1. The molecule has 16 N–H and O–H groups in total. The summed E-state index contributed by atoms with van der Waals surface area (Å²) < 4.78 is 0. The maximum Gasteiger partial charge on any atom is 0.325 e. The van der Waals surface area contributed by atoms with Gasteiger partial charge in [0.25, 0.3) is 5.91 Å². The Morgan fingerprint density at radius 1 is 0.725 bits per heavy atom. The topological polar surface area (TPSA) is 401 Å². The third-order valence-corrected chi connectivity index (χ3v) is 16.0. The molecule has 2 aromatic carbocycles. The number of hydrogen-bond donors (Lipinski definition) is 13. The Morgan fingerprint density at radius 3 is 2.05 bits per heavy atom. The van der Waals surface area contributed by atoms with Gasteiger partial charge in [0.1, 0.15) is 54.4 Å². The zero-order valence-electron chi connectivity index (χ0n) is 44.8. The highest BCUT2D eigenvalue weighted by atomic mass is 33.1. The molecule has 3 aromatic rings. The molecule has 28 heteroatoms. The first-order valence-corrected chi connectivity index (χ1v) is 29.0. The van der Waals surface area contributed by atoms with Gasteiger partial charge < -0.3 is 70.0 Å². The number of unbranched alkanes of at least 4 members (excludes halogenated alkanes) is 2. The number of nitrogens with one attached hydrogen (secondary N) is 10. The van der Waals surface area contributed by atoms with E-state index in [1.54, 1.807) is 42.6 Å². The number of para-hydroxylation sites is 1. The predicted molar refractivity (Wildman–Crippen MR) is 303 cm³/mol. The van der Waals surface area contributed by atoms with Gasteiger partial charge in [0.15, 0.2) is 5.96 Å². The van der Waals surface area contributed by atoms with E-state index in [2.05, 4.69) is 62.8 Å². The number of benzene rings is 2. The smallest absolute Gasteiger partial charge is 0.325 e. The Balaban J connectivity index is 1.37. The number of aromatic nitrogens is 1. The van der Waals surface area contributed by atoms with Gasteiger partial charge in [-0.25, -0.2) is 9.69 Å². The van der Waals surface area contributed by atoms with E-state index < -0.39 is 120 Å². The highest BCUT2D eigenvalue weighted by Gasteiger charge is 2.44. The quantitative estimate of drug-likeness (QED) is 0.0229. The third-order valence-electron chi connectivity index (χ3n) is 13.6. The number of imide groups is 1. The monoisotopic (exact) mass is 1140 g/mol. The molecule has 0 aliphatic carbocycles. The molecule has 0 bridgehead atoms. The van der Waals surface area contributed by atoms with Crippen molar-refractivity contribution in [2.45, 2.75) is 139 Å². The van der Waals surface area contributed by atoms with Crippen LogP contribution in [0.5, 0.6) is 0 Å². The van der Waals surface area contributed by atoms with Crippen LogP contribution in [0.15, 0.2) is 70.8 Å². The molecule has 432 valence electrons. The van der Waals surface area contributed by atoms with Crippen LogP contribution in [0.1, 0.15) is 76.8 Å². The first kappa shape index (κ1) is 61.3. The van der Waals surface area contributed by atoms with Gasteiger partial charge in [-0.1, -0.05) is 96.3 Å². The molecular formula is C52H72N16O10S2. The van der Waals surface area contributed by atoms with Crippen LogP contribution in [-0.2, 0) is 56.0 Å². The lowest BCUT2D eigenvalue weighted by Gasteiger charge is -2.28. The van der Waals surface area contributed by atoms with Crippen LogP contribution < -0.4 is 65.1 Å². The number of nitrogens with zero attached hydrogens (tertiary/aromatic N) is 3. The molecule has 0 spiro atoms. The number of nitrogens with two attached hydrogens (primary N) is 3. The van der Waals surface area contributed by atoms with Crippen LogP contribution in [0.2, 0.25) is 0 Å².